The van der Waals surface area contributed by atoms with Crippen molar-refractivity contribution in [3.8, 4) is 0 Å². The van der Waals surface area contributed by atoms with Crippen molar-refractivity contribution in [3.05, 3.63) is 23.5 Å². The molecule has 2 aliphatic rings. The van der Waals surface area contributed by atoms with Crippen molar-refractivity contribution in [2.45, 2.75) is 31.3 Å². The molecule has 0 amide bonds. The number of nitrogens with zero attached hydrogens (tertiary/aromatic N) is 2. The molecule has 2 saturated heterocycles. The van der Waals surface area contributed by atoms with Crippen LogP contribution in [0, 0.1) is 0 Å². The van der Waals surface area contributed by atoms with Gasteiger partial charge in [-0.1, -0.05) is 11.6 Å². The fourth-order valence-electron chi connectivity index (χ4n) is 2.93. The Balaban J connectivity index is 1.85. The monoisotopic (exact) mass is 237 g/mol. The molecule has 16 heavy (non-hydrogen) atoms. The van der Waals surface area contributed by atoms with Crippen LogP contribution in [0.2, 0.25) is 5.15 Å². The van der Waals surface area contributed by atoms with Crippen LogP contribution in [0.5, 0.6) is 0 Å². The first-order valence-corrected chi connectivity index (χ1v) is 6.34. The largest absolute Gasteiger partial charge is 0.366 e. The van der Waals surface area contributed by atoms with Gasteiger partial charge in [0.25, 0.3) is 0 Å². The van der Waals surface area contributed by atoms with Gasteiger partial charge < -0.3 is 10.2 Å². The average molecular weight is 238 g/mol. The lowest BCUT2D eigenvalue weighted by Crippen LogP contribution is -2.48. The average Bonchev–Trinajstić information content (AvgIpc) is 2.78. The number of piperidine rings is 1. The summed E-state index contributed by atoms with van der Waals surface area (Å²) in [6.07, 6.45) is 5.70. The lowest BCUT2D eigenvalue weighted by molar-refractivity contribution is 0.412. The first-order valence-electron chi connectivity index (χ1n) is 5.96. The topological polar surface area (TPSA) is 28.2 Å². The summed E-state index contributed by atoms with van der Waals surface area (Å²) < 4.78 is 0. The van der Waals surface area contributed by atoms with Crippen molar-refractivity contribution in [3.63, 3.8) is 0 Å². The van der Waals surface area contributed by atoms with E-state index in [0.717, 1.165) is 13.1 Å². The van der Waals surface area contributed by atoms with Crippen molar-refractivity contribution in [1.82, 2.24) is 10.3 Å². The van der Waals surface area contributed by atoms with E-state index in [0.29, 0.717) is 17.2 Å². The highest BCUT2D eigenvalue weighted by Crippen LogP contribution is 2.29. The summed E-state index contributed by atoms with van der Waals surface area (Å²) >= 11 is 5.82. The Morgan fingerprint density at radius 2 is 2.31 bits per heavy atom. The minimum atomic E-state index is 0.571. The molecule has 0 radical (unpaired) electrons. The molecule has 0 saturated carbocycles. The number of hydrogen-bond donors (Lipinski definition) is 1. The number of fused-ring (bicyclic) bond motifs is 1. The highest BCUT2D eigenvalue weighted by molar-refractivity contribution is 6.29. The van der Waals surface area contributed by atoms with Gasteiger partial charge in [0.2, 0.25) is 0 Å². The quantitative estimate of drug-likeness (QED) is 0.758. The van der Waals surface area contributed by atoms with Crippen LogP contribution in [0.25, 0.3) is 0 Å². The number of aromatic nitrogens is 1. The Kier molecular flexibility index (Phi) is 2.74. The van der Waals surface area contributed by atoms with Crippen LogP contribution in [0.3, 0.4) is 0 Å². The Morgan fingerprint density at radius 1 is 1.38 bits per heavy atom. The van der Waals surface area contributed by atoms with Gasteiger partial charge in [-0.25, -0.2) is 4.98 Å². The van der Waals surface area contributed by atoms with Crippen LogP contribution in [0.4, 0.5) is 5.69 Å². The van der Waals surface area contributed by atoms with Gasteiger partial charge in [0.1, 0.15) is 5.15 Å². The van der Waals surface area contributed by atoms with Crippen LogP contribution < -0.4 is 10.2 Å². The van der Waals surface area contributed by atoms with Crippen molar-refractivity contribution >= 4 is 17.3 Å². The highest BCUT2D eigenvalue weighted by atomic mass is 35.5. The molecule has 2 aliphatic heterocycles. The van der Waals surface area contributed by atoms with E-state index in [1.807, 2.05) is 12.3 Å². The summed E-state index contributed by atoms with van der Waals surface area (Å²) in [6, 6.07) is 5.28. The Labute approximate surface area is 101 Å². The molecule has 2 atom stereocenters. The van der Waals surface area contributed by atoms with Crippen LogP contribution in [-0.2, 0) is 0 Å². The summed E-state index contributed by atoms with van der Waals surface area (Å²) in [6.45, 7) is 2.29. The SMILES string of the molecule is Clc1ccc(N2CCC[C@H]3NCC[C@H]32)cn1. The standard InChI is InChI=1S/C12H16ClN3/c13-12-4-3-9(8-15-12)16-7-1-2-10-11(16)5-6-14-10/h3-4,8,10-11,14H,1-2,5-7H2/t10-,11-/m1/s1. The molecule has 3 rings (SSSR count). The maximum absolute atomic E-state index is 5.82. The fourth-order valence-corrected chi connectivity index (χ4v) is 3.04. The molecule has 2 fully saturated rings. The fraction of sp³-hybridized carbons (Fsp3) is 0.583. The van der Waals surface area contributed by atoms with E-state index in [9.17, 15) is 0 Å². The molecule has 0 bridgehead atoms. The second kappa shape index (κ2) is 4.22. The summed E-state index contributed by atoms with van der Waals surface area (Å²) in [7, 11) is 0. The van der Waals surface area contributed by atoms with E-state index in [-0.39, 0.29) is 0 Å². The third-order valence-corrected chi connectivity index (χ3v) is 3.89. The third-order valence-electron chi connectivity index (χ3n) is 3.67. The van der Waals surface area contributed by atoms with Crippen molar-refractivity contribution in [2.75, 3.05) is 18.0 Å². The molecule has 1 aromatic rings. The molecule has 0 spiro atoms. The summed E-state index contributed by atoms with van der Waals surface area (Å²) in [5.74, 6) is 0. The second-order valence-corrected chi connectivity index (χ2v) is 4.98. The van der Waals surface area contributed by atoms with E-state index >= 15 is 0 Å². The minimum absolute atomic E-state index is 0.571. The van der Waals surface area contributed by atoms with Gasteiger partial charge in [0, 0.05) is 18.6 Å². The molecule has 1 aromatic heterocycles. The molecular weight excluding hydrogens is 222 g/mol. The summed E-state index contributed by atoms with van der Waals surface area (Å²) in [5.41, 5.74) is 1.21. The second-order valence-electron chi connectivity index (χ2n) is 4.59. The van der Waals surface area contributed by atoms with E-state index < -0.39 is 0 Å². The van der Waals surface area contributed by atoms with Gasteiger partial charge in [-0.3, -0.25) is 0 Å². The molecule has 86 valence electrons. The smallest absolute Gasteiger partial charge is 0.129 e. The van der Waals surface area contributed by atoms with Crippen molar-refractivity contribution < 1.29 is 0 Å². The third kappa shape index (κ3) is 1.78. The number of anilines is 1. The van der Waals surface area contributed by atoms with Crippen molar-refractivity contribution in [1.29, 1.82) is 0 Å². The van der Waals surface area contributed by atoms with Crippen LogP contribution in [0.1, 0.15) is 19.3 Å². The van der Waals surface area contributed by atoms with Gasteiger partial charge >= 0.3 is 0 Å². The highest BCUT2D eigenvalue weighted by Gasteiger charge is 2.34. The van der Waals surface area contributed by atoms with Crippen LogP contribution in [0.15, 0.2) is 18.3 Å². The molecule has 0 unspecified atom stereocenters. The van der Waals surface area contributed by atoms with Gasteiger partial charge in [0.05, 0.1) is 11.9 Å². The molecule has 3 nitrogen and oxygen atoms in total. The van der Waals surface area contributed by atoms with Gasteiger partial charge in [-0.05, 0) is 37.9 Å². The van der Waals surface area contributed by atoms with E-state index in [2.05, 4.69) is 21.3 Å². The molecular formula is C12H16ClN3. The number of nitrogens with one attached hydrogen (secondary N) is 1. The number of hydrogen-bond acceptors (Lipinski definition) is 3. The number of pyridine rings is 1. The Hall–Kier alpha value is -0.800. The summed E-state index contributed by atoms with van der Waals surface area (Å²) in [4.78, 5) is 6.66. The van der Waals surface area contributed by atoms with E-state index in [4.69, 9.17) is 11.6 Å². The predicted octanol–water partition coefficient (Wildman–Crippen LogP) is 2.07. The maximum Gasteiger partial charge on any atom is 0.129 e. The molecule has 1 N–H and O–H groups in total. The minimum Gasteiger partial charge on any atom is -0.366 e. The van der Waals surface area contributed by atoms with Gasteiger partial charge in [-0.2, -0.15) is 0 Å². The number of rotatable bonds is 1. The maximum atomic E-state index is 5.82. The zero-order chi connectivity index (χ0) is 11.0. The Bertz CT molecular complexity index is 365. The molecule has 3 heterocycles. The lowest BCUT2D eigenvalue weighted by Gasteiger charge is -2.38. The zero-order valence-electron chi connectivity index (χ0n) is 9.19. The van der Waals surface area contributed by atoms with E-state index in [1.165, 1.54) is 24.9 Å². The molecule has 0 aromatic carbocycles. The van der Waals surface area contributed by atoms with Gasteiger partial charge in [0.15, 0.2) is 0 Å². The van der Waals surface area contributed by atoms with Gasteiger partial charge in [-0.15, -0.1) is 0 Å². The predicted molar refractivity (Wildman–Crippen MR) is 66.0 cm³/mol. The number of halogens is 1. The zero-order valence-corrected chi connectivity index (χ0v) is 9.95. The molecule has 4 heteroatoms. The molecule has 0 aliphatic carbocycles. The van der Waals surface area contributed by atoms with Crippen LogP contribution in [-0.4, -0.2) is 30.2 Å². The lowest BCUT2D eigenvalue weighted by atomic mass is 9.97. The first-order chi connectivity index (χ1) is 7.84. The summed E-state index contributed by atoms with van der Waals surface area (Å²) in [5, 5.41) is 4.15. The Morgan fingerprint density at radius 3 is 3.12 bits per heavy atom. The van der Waals surface area contributed by atoms with E-state index in [1.54, 1.807) is 0 Å². The normalized spacial score (nSPS) is 29.2. The van der Waals surface area contributed by atoms with Crippen molar-refractivity contribution in [2.24, 2.45) is 0 Å². The first kappa shape index (κ1) is 10.4. The van der Waals surface area contributed by atoms with Crippen LogP contribution >= 0.6 is 11.6 Å².